The average molecular weight is 351 g/mol. The SMILES string of the molecule is Cc1ccc(NC(=O)N2CCC[C@H]2C(=O)NCCc2ccccc2)cc1. The van der Waals surface area contributed by atoms with Crippen LogP contribution in [0, 0.1) is 6.92 Å². The lowest BCUT2D eigenvalue weighted by Crippen LogP contribution is -2.47. The summed E-state index contributed by atoms with van der Waals surface area (Å²) < 4.78 is 0. The summed E-state index contributed by atoms with van der Waals surface area (Å²) in [6.45, 7) is 3.18. The van der Waals surface area contributed by atoms with Gasteiger partial charge in [0.05, 0.1) is 0 Å². The van der Waals surface area contributed by atoms with Gasteiger partial charge in [0.2, 0.25) is 5.91 Å². The van der Waals surface area contributed by atoms with Crippen molar-refractivity contribution >= 4 is 17.6 Å². The Hall–Kier alpha value is -2.82. The number of benzene rings is 2. The van der Waals surface area contributed by atoms with Gasteiger partial charge in [-0.05, 0) is 43.9 Å². The van der Waals surface area contributed by atoms with E-state index in [2.05, 4.69) is 10.6 Å². The number of hydrogen-bond acceptors (Lipinski definition) is 2. The fourth-order valence-electron chi connectivity index (χ4n) is 3.21. The van der Waals surface area contributed by atoms with E-state index in [-0.39, 0.29) is 11.9 Å². The van der Waals surface area contributed by atoms with Crippen LogP contribution in [0.3, 0.4) is 0 Å². The molecule has 2 N–H and O–H groups in total. The molecular formula is C21H25N3O2. The average Bonchev–Trinajstić information content (AvgIpc) is 3.14. The van der Waals surface area contributed by atoms with E-state index in [4.69, 9.17) is 0 Å². The summed E-state index contributed by atoms with van der Waals surface area (Å²) >= 11 is 0. The highest BCUT2D eigenvalue weighted by molar-refractivity contribution is 5.94. The molecule has 1 aliphatic heterocycles. The Bertz CT molecular complexity index is 744. The summed E-state index contributed by atoms with van der Waals surface area (Å²) in [5.41, 5.74) is 3.07. The number of urea groups is 1. The van der Waals surface area contributed by atoms with Gasteiger partial charge in [-0.25, -0.2) is 4.79 Å². The second kappa shape index (κ2) is 8.52. The Balaban J connectivity index is 1.52. The van der Waals surface area contributed by atoms with E-state index in [9.17, 15) is 9.59 Å². The first-order valence-corrected chi connectivity index (χ1v) is 9.09. The number of amides is 3. The van der Waals surface area contributed by atoms with Crippen molar-refractivity contribution in [2.24, 2.45) is 0 Å². The molecular weight excluding hydrogens is 326 g/mol. The molecule has 0 aromatic heterocycles. The predicted octanol–water partition coefficient (Wildman–Crippen LogP) is 3.35. The standard InChI is InChI=1S/C21H25N3O2/c1-16-9-11-18(12-10-16)23-21(26)24-15-5-8-19(24)20(25)22-14-13-17-6-3-2-4-7-17/h2-4,6-7,9-12,19H,5,8,13-15H2,1H3,(H,22,25)(H,23,26)/t19-/m0/s1. The molecule has 136 valence electrons. The van der Waals surface area contributed by atoms with Gasteiger partial charge in [0, 0.05) is 18.8 Å². The van der Waals surface area contributed by atoms with Gasteiger partial charge < -0.3 is 15.5 Å². The molecule has 1 saturated heterocycles. The third kappa shape index (κ3) is 4.63. The van der Waals surface area contributed by atoms with Gasteiger partial charge in [0.1, 0.15) is 6.04 Å². The maximum Gasteiger partial charge on any atom is 0.322 e. The Labute approximate surface area is 154 Å². The molecule has 2 aromatic rings. The summed E-state index contributed by atoms with van der Waals surface area (Å²) in [7, 11) is 0. The molecule has 0 bridgehead atoms. The van der Waals surface area contributed by atoms with Crippen LogP contribution in [-0.4, -0.2) is 36.0 Å². The number of carbonyl (C=O) groups is 2. The van der Waals surface area contributed by atoms with E-state index in [1.165, 1.54) is 5.56 Å². The van der Waals surface area contributed by atoms with Crippen molar-refractivity contribution in [2.75, 3.05) is 18.4 Å². The Morgan fingerprint density at radius 1 is 1.08 bits per heavy atom. The molecule has 5 heteroatoms. The number of anilines is 1. The first kappa shape index (κ1) is 18.0. The number of nitrogens with one attached hydrogen (secondary N) is 2. The Morgan fingerprint density at radius 2 is 1.81 bits per heavy atom. The van der Waals surface area contributed by atoms with Crippen molar-refractivity contribution in [1.29, 1.82) is 0 Å². The molecule has 1 aliphatic rings. The van der Waals surface area contributed by atoms with E-state index in [0.29, 0.717) is 19.5 Å². The number of nitrogens with zero attached hydrogens (tertiary/aromatic N) is 1. The van der Waals surface area contributed by atoms with Gasteiger partial charge in [0.25, 0.3) is 0 Å². The zero-order chi connectivity index (χ0) is 18.4. The molecule has 5 nitrogen and oxygen atoms in total. The lowest BCUT2D eigenvalue weighted by Gasteiger charge is -2.24. The van der Waals surface area contributed by atoms with Crippen molar-refractivity contribution in [3.8, 4) is 0 Å². The molecule has 2 aromatic carbocycles. The van der Waals surface area contributed by atoms with E-state index in [1.54, 1.807) is 4.90 Å². The minimum atomic E-state index is -0.392. The van der Waals surface area contributed by atoms with E-state index < -0.39 is 6.04 Å². The van der Waals surface area contributed by atoms with E-state index in [1.807, 2.05) is 61.5 Å². The van der Waals surface area contributed by atoms with Crippen molar-refractivity contribution in [1.82, 2.24) is 10.2 Å². The van der Waals surface area contributed by atoms with Gasteiger partial charge in [-0.3, -0.25) is 4.79 Å². The summed E-state index contributed by atoms with van der Waals surface area (Å²) in [6, 6.07) is 17.1. The number of hydrogen-bond donors (Lipinski definition) is 2. The van der Waals surface area contributed by atoms with E-state index in [0.717, 1.165) is 24.1 Å². The number of rotatable bonds is 5. The van der Waals surface area contributed by atoms with Gasteiger partial charge in [0.15, 0.2) is 0 Å². The lowest BCUT2D eigenvalue weighted by molar-refractivity contribution is -0.124. The van der Waals surface area contributed by atoms with Crippen LogP contribution in [0.1, 0.15) is 24.0 Å². The minimum Gasteiger partial charge on any atom is -0.354 e. The highest BCUT2D eigenvalue weighted by atomic mass is 16.2. The van der Waals surface area contributed by atoms with Crippen LogP contribution in [0.25, 0.3) is 0 Å². The normalized spacial score (nSPS) is 16.3. The fourth-order valence-corrected chi connectivity index (χ4v) is 3.21. The largest absolute Gasteiger partial charge is 0.354 e. The molecule has 0 unspecified atom stereocenters. The summed E-state index contributed by atoms with van der Waals surface area (Å²) in [6.07, 6.45) is 2.34. The maximum absolute atomic E-state index is 12.5. The fraction of sp³-hybridized carbons (Fsp3) is 0.333. The molecule has 0 spiro atoms. The monoisotopic (exact) mass is 351 g/mol. The number of likely N-dealkylation sites (tertiary alicyclic amines) is 1. The predicted molar refractivity (Wildman–Crippen MR) is 103 cm³/mol. The van der Waals surface area contributed by atoms with Gasteiger partial charge in [-0.2, -0.15) is 0 Å². The Morgan fingerprint density at radius 3 is 2.54 bits per heavy atom. The third-order valence-electron chi connectivity index (χ3n) is 4.67. The van der Waals surface area contributed by atoms with Crippen molar-refractivity contribution in [3.05, 3.63) is 65.7 Å². The zero-order valence-electron chi connectivity index (χ0n) is 15.1. The van der Waals surface area contributed by atoms with Crippen molar-refractivity contribution < 1.29 is 9.59 Å². The lowest BCUT2D eigenvalue weighted by atomic mass is 10.1. The molecule has 3 amide bonds. The molecule has 1 fully saturated rings. The van der Waals surface area contributed by atoms with Crippen molar-refractivity contribution in [2.45, 2.75) is 32.2 Å². The molecule has 3 rings (SSSR count). The highest BCUT2D eigenvalue weighted by Crippen LogP contribution is 2.19. The van der Waals surface area contributed by atoms with Crippen LogP contribution in [0.4, 0.5) is 10.5 Å². The zero-order valence-corrected chi connectivity index (χ0v) is 15.1. The van der Waals surface area contributed by atoms with Crippen LogP contribution < -0.4 is 10.6 Å². The first-order chi connectivity index (χ1) is 12.6. The molecule has 1 heterocycles. The number of carbonyl (C=O) groups excluding carboxylic acids is 2. The highest BCUT2D eigenvalue weighted by Gasteiger charge is 2.33. The van der Waals surface area contributed by atoms with Crippen LogP contribution >= 0.6 is 0 Å². The second-order valence-corrected chi connectivity index (χ2v) is 6.67. The Kier molecular flexibility index (Phi) is 5.89. The molecule has 1 atom stereocenters. The molecule has 0 saturated carbocycles. The van der Waals surface area contributed by atoms with Gasteiger partial charge in [-0.15, -0.1) is 0 Å². The topological polar surface area (TPSA) is 61.4 Å². The third-order valence-corrected chi connectivity index (χ3v) is 4.67. The quantitative estimate of drug-likeness (QED) is 0.868. The van der Waals surface area contributed by atoms with Crippen molar-refractivity contribution in [3.63, 3.8) is 0 Å². The minimum absolute atomic E-state index is 0.0718. The van der Waals surface area contributed by atoms with Gasteiger partial charge in [-0.1, -0.05) is 48.0 Å². The molecule has 26 heavy (non-hydrogen) atoms. The second-order valence-electron chi connectivity index (χ2n) is 6.67. The van der Waals surface area contributed by atoms with E-state index >= 15 is 0 Å². The number of aryl methyl sites for hydroxylation is 1. The smallest absolute Gasteiger partial charge is 0.322 e. The molecule has 0 radical (unpaired) electrons. The maximum atomic E-state index is 12.5. The summed E-state index contributed by atoms with van der Waals surface area (Å²) in [5, 5.41) is 5.85. The summed E-state index contributed by atoms with van der Waals surface area (Å²) in [5.74, 6) is -0.0718. The van der Waals surface area contributed by atoms with Crippen LogP contribution in [0.2, 0.25) is 0 Å². The first-order valence-electron chi connectivity index (χ1n) is 9.09. The summed E-state index contributed by atoms with van der Waals surface area (Å²) in [4.78, 5) is 26.7. The van der Waals surface area contributed by atoms with Crippen LogP contribution in [-0.2, 0) is 11.2 Å². The molecule has 0 aliphatic carbocycles. The van der Waals surface area contributed by atoms with Gasteiger partial charge >= 0.3 is 6.03 Å². The van der Waals surface area contributed by atoms with Crippen LogP contribution in [0.5, 0.6) is 0 Å². The van der Waals surface area contributed by atoms with Crippen LogP contribution in [0.15, 0.2) is 54.6 Å².